The maximum absolute atomic E-state index is 12.4. The molecule has 3 aromatic rings. The van der Waals surface area contributed by atoms with Crippen molar-refractivity contribution < 1.29 is 9.72 Å². The number of nitro benzene ring substituents is 1. The molecule has 140 valence electrons. The highest BCUT2D eigenvalue weighted by Gasteiger charge is 2.21. The SMILES string of the molecule is CC(Sc1nnc(-c2cccs2)n1N)C(=O)Nc1ccc([N+](=O)[O-])cc1Cl. The molecule has 27 heavy (non-hydrogen) atoms. The van der Waals surface area contributed by atoms with Crippen LogP contribution in [0.4, 0.5) is 11.4 Å². The lowest BCUT2D eigenvalue weighted by molar-refractivity contribution is -0.384. The second kappa shape index (κ2) is 7.94. The Labute approximate surface area is 166 Å². The molecule has 0 saturated heterocycles. The normalized spacial score (nSPS) is 11.9. The highest BCUT2D eigenvalue weighted by molar-refractivity contribution is 8.00. The molecule has 1 atom stereocenters. The molecule has 3 N–H and O–H groups in total. The molecule has 1 amide bonds. The third kappa shape index (κ3) is 4.21. The Balaban J connectivity index is 1.69. The van der Waals surface area contributed by atoms with Crippen LogP contribution >= 0.6 is 34.7 Å². The van der Waals surface area contributed by atoms with Gasteiger partial charge in [0, 0.05) is 12.1 Å². The van der Waals surface area contributed by atoms with Crippen LogP contribution in [0.5, 0.6) is 0 Å². The van der Waals surface area contributed by atoms with E-state index in [4.69, 9.17) is 17.4 Å². The zero-order valence-electron chi connectivity index (χ0n) is 13.8. The largest absolute Gasteiger partial charge is 0.335 e. The Hall–Kier alpha value is -2.63. The number of anilines is 1. The molecule has 2 aromatic heterocycles. The predicted octanol–water partition coefficient (Wildman–Crippen LogP) is 3.40. The molecule has 1 unspecified atom stereocenters. The topological polar surface area (TPSA) is 129 Å². The minimum atomic E-state index is -0.560. The standard InChI is InChI=1S/C15H13ClN6O3S2/c1-8(14(23)18-11-5-4-9(22(24)25)7-10(11)16)27-15-20-19-13(21(15)17)12-3-2-6-26-12/h2-8H,17H2,1H3,(H,18,23). The van der Waals surface area contributed by atoms with Crippen molar-refractivity contribution in [2.45, 2.75) is 17.3 Å². The summed E-state index contributed by atoms with van der Waals surface area (Å²) in [5.74, 6) is 6.19. The molecule has 3 rings (SSSR count). The number of nitrogens with zero attached hydrogens (tertiary/aromatic N) is 4. The Morgan fingerprint density at radius 3 is 2.85 bits per heavy atom. The van der Waals surface area contributed by atoms with Gasteiger partial charge < -0.3 is 11.2 Å². The zero-order valence-corrected chi connectivity index (χ0v) is 16.2. The molecule has 1 aromatic carbocycles. The second-order valence-electron chi connectivity index (χ2n) is 5.32. The van der Waals surface area contributed by atoms with Gasteiger partial charge in [-0.3, -0.25) is 14.9 Å². The van der Waals surface area contributed by atoms with Crippen LogP contribution in [0.2, 0.25) is 5.02 Å². The van der Waals surface area contributed by atoms with Crippen molar-refractivity contribution in [2.75, 3.05) is 11.2 Å². The molecule has 0 saturated carbocycles. The molecule has 0 spiro atoms. The fourth-order valence-electron chi connectivity index (χ4n) is 2.10. The number of nitrogen functional groups attached to an aromatic ring is 1. The maximum atomic E-state index is 12.4. The number of hydrogen-bond acceptors (Lipinski definition) is 8. The van der Waals surface area contributed by atoms with Crippen molar-refractivity contribution in [1.29, 1.82) is 0 Å². The number of thiophene rings is 1. The monoisotopic (exact) mass is 424 g/mol. The van der Waals surface area contributed by atoms with Gasteiger partial charge in [0.05, 0.1) is 25.8 Å². The Morgan fingerprint density at radius 1 is 1.44 bits per heavy atom. The van der Waals surface area contributed by atoms with Crippen molar-refractivity contribution in [3.05, 3.63) is 50.8 Å². The maximum Gasteiger partial charge on any atom is 0.271 e. The second-order valence-corrected chi connectivity index (χ2v) is 7.99. The number of hydrogen-bond donors (Lipinski definition) is 2. The number of rotatable bonds is 6. The van der Waals surface area contributed by atoms with E-state index in [0.29, 0.717) is 11.0 Å². The zero-order chi connectivity index (χ0) is 19.6. The number of carbonyl (C=O) groups is 1. The molecule has 0 radical (unpaired) electrons. The number of aromatic nitrogens is 3. The lowest BCUT2D eigenvalue weighted by Crippen LogP contribution is -2.23. The van der Waals surface area contributed by atoms with Gasteiger partial charge >= 0.3 is 0 Å². The van der Waals surface area contributed by atoms with E-state index >= 15 is 0 Å². The summed E-state index contributed by atoms with van der Waals surface area (Å²) in [6, 6.07) is 7.59. The third-order valence-electron chi connectivity index (χ3n) is 3.48. The van der Waals surface area contributed by atoms with E-state index < -0.39 is 10.2 Å². The summed E-state index contributed by atoms with van der Waals surface area (Å²) in [6.45, 7) is 1.68. The van der Waals surface area contributed by atoms with Crippen molar-refractivity contribution in [3.8, 4) is 10.7 Å². The number of carbonyl (C=O) groups excluding carboxylic acids is 1. The van der Waals surface area contributed by atoms with Crippen LogP contribution in [-0.2, 0) is 4.79 Å². The van der Waals surface area contributed by atoms with Gasteiger partial charge in [0.1, 0.15) is 0 Å². The van der Waals surface area contributed by atoms with Crippen molar-refractivity contribution in [3.63, 3.8) is 0 Å². The lowest BCUT2D eigenvalue weighted by Gasteiger charge is -2.12. The van der Waals surface area contributed by atoms with E-state index in [-0.39, 0.29) is 22.3 Å². The average molecular weight is 425 g/mol. The minimum Gasteiger partial charge on any atom is -0.335 e. The first-order valence-electron chi connectivity index (χ1n) is 7.52. The Kier molecular flexibility index (Phi) is 5.63. The van der Waals surface area contributed by atoms with Crippen molar-refractivity contribution >= 4 is 52.0 Å². The van der Waals surface area contributed by atoms with Gasteiger partial charge in [-0.1, -0.05) is 29.4 Å². The minimum absolute atomic E-state index is 0.0803. The summed E-state index contributed by atoms with van der Waals surface area (Å²) in [5.41, 5.74) is 0.131. The summed E-state index contributed by atoms with van der Waals surface area (Å²) in [6.07, 6.45) is 0. The van der Waals surface area contributed by atoms with Crippen molar-refractivity contribution in [2.24, 2.45) is 0 Å². The predicted molar refractivity (Wildman–Crippen MR) is 106 cm³/mol. The fraction of sp³-hybridized carbons (Fsp3) is 0.133. The first-order chi connectivity index (χ1) is 12.9. The Bertz CT molecular complexity index is 992. The quantitative estimate of drug-likeness (QED) is 0.268. The third-order valence-corrected chi connectivity index (χ3v) is 5.71. The highest BCUT2D eigenvalue weighted by Crippen LogP contribution is 2.30. The van der Waals surface area contributed by atoms with E-state index in [1.54, 1.807) is 6.92 Å². The van der Waals surface area contributed by atoms with Gasteiger partial charge in [0.2, 0.25) is 11.1 Å². The van der Waals surface area contributed by atoms with Gasteiger partial charge in [0.15, 0.2) is 5.82 Å². The molecule has 9 nitrogen and oxygen atoms in total. The van der Waals surface area contributed by atoms with Crippen LogP contribution in [0.3, 0.4) is 0 Å². The smallest absolute Gasteiger partial charge is 0.271 e. The van der Waals surface area contributed by atoms with Crippen LogP contribution in [-0.4, -0.2) is 31.0 Å². The molecule has 0 aliphatic carbocycles. The molecule has 2 heterocycles. The average Bonchev–Trinajstić information content (AvgIpc) is 3.27. The summed E-state index contributed by atoms with van der Waals surface area (Å²) in [4.78, 5) is 23.5. The summed E-state index contributed by atoms with van der Waals surface area (Å²) in [7, 11) is 0. The molecular weight excluding hydrogens is 412 g/mol. The number of nitrogens with one attached hydrogen (secondary N) is 1. The summed E-state index contributed by atoms with van der Waals surface area (Å²) in [5, 5.41) is 23.3. The number of nitro groups is 1. The number of benzene rings is 1. The molecule has 0 fully saturated rings. The molecular formula is C15H13ClN6O3S2. The van der Waals surface area contributed by atoms with Crippen LogP contribution in [0.15, 0.2) is 40.9 Å². The molecule has 0 aliphatic heterocycles. The van der Waals surface area contributed by atoms with E-state index in [1.165, 1.54) is 34.2 Å². The van der Waals surface area contributed by atoms with Gasteiger partial charge in [-0.25, -0.2) is 4.68 Å². The highest BCUT2D eigenvalue weighted by atomic mass is 35.5. The van der Waals surface area contributed by atoms with Crippen LogP contribution < -0.4 is 11.2 Å². The number of halogens is 1. The van der Waals surface area contributed by atoms with Crippen LogP contribution in [0.1, 0.15) is 6.92 Å². The van der Waals surface area contributed by atoms with E-state index in [9.17, 15) is 14.9 Å². The first kappa shape index (κ1) is 19.1. The Morgan fingerprint density at radius 2 is 2.22 bits per heavy atom. The van der Waals surface area contributed by atoms with Crippen LogP contribution in [0.25, 0.3) is 10.7 Å². The number of nitrogens with two attached hydrogens (primary N) is 1. The number of non-ortho nitro benzene ring substituents is 1. The lowest BCUT2D eigenvalue weighted by atomic mass is 10.2. The fourth-order valence-corrected chi connectivity index (χ4v) is 3.79. The first-order valence-corrected chi connectivity index (χ1v) is 9.66. The summed E-state index contributed by atoms with van der Waals surface area (Å²) >= 11 is 8.61. The van der Waals surface area contributed by atoms with Gasteiger partial charge in [-0.05, 0) is 24.4 Å². The van der Waals surface area contributed by atoms with E-state index in [1.807, 2.05) is 17.5 Å². The number of thioether (sulfide) groups is 1. The molecule has 0 bridgehead atoms. The van der Waals surface area contributed by atoms with Gasteiger partial charge in [-0.15, -0.1) is 21.5 Å². The molecule has 12 heteroatoms. The number of amides is 1. The molecule has 0 aliphatic rings. The summed E-state index contributed by atoms with van der Waals surface area (Å²) < 4.78 is 1.33. The van der Waals surface area contributed by atoms with E-state index in [2.05, 4.69) is 15.5 Å². The van der Waals surface area contributed by atoms with Gasteiger partial charge in [0.25, 0.3) is 5.69 Å². The van der Waals surface area contributed by atoms with Gasteiger partial charge in [-0.2, -0.15) is 0 Å². The van der Waals surface area contributed by atoms with E-state index in [0.717, 1.165) is 16.6 Å². The van der Waals surface area contributed by atoms with Crippen LogP contribution in [0, 0.1) is 10.1 Å². The van der Waals surface area contributed by atoms with Crippen molar-refractivity contribution in [1.82, 2.24) is 14.9 Å².